The third-order valence-electron chi connectivity index (χ3n) is 3.56. The van der Waals surface area contributed by atoms with Crippen molar-refractivity contribution >= 4 is 19.7 Å². The van der Waals surface area contributed by atoms with Crippen molar-refractivity contribution in [1.82, 2.24) is 14.8 Å². The van der Waals surface area contributed by atoms with Crippen LogP contribution in [0, 0.1) is 0 Å². The molecule has 1 N–H and O–H groups in total. The van der Waals surface area contributed by atoms with Crippen LogP contribution < -0.4 is 0 Å². The number of hydrogen-bond donors (Lipinski definition) is 1. The lowest BCUT2D eigenvalue weighted by Gasteiger charge is -2.31. The van der Waals surface area contributed by atoms with Gasteiger partial charge < -0.3 is 5.11 Å². The molecule has 1 heterocycles. The summed E-state index contributed by atoms with van der Waals surface area (Å²) in [5.41, 5.74) is -0.0703. The zero-order chi connectivity index (χ0) is 15.5. The van der Waals surface area contributed by atoms with Crippen LogP contribution in [0.2, 0.25) is 30.7 Å². The van der Waals surface area contributed by atoms with Gasteiger partial charge in [0.1, 0.15) is 18.3 Å². The van der Waals surface area contributed by atoms with Crippen LogP contribution in [0.25, 0.3) is 0 Å². The summed E-state index contributed by atoms with van der Waals surface area (Å²) in [6, 6.07) is 8.46. The monoisotopic (exact) mass is 323 g/mol. The molecule has 0 aliphatic heterocycles. The molecule has 0 aliphatic rings. The van der Waals surface area contributed by atoms with Crippen molar-refractivity contribution in [3.8, 4) is 0 Å². The van der Waals surface area contributed by atoms with Gasteiger partial charge in [0.05, 0.1) is 6.54 Å². The van der Waals surface area contributed by atoms with Gasteiger partial charge in [-0.25, -0.2) is 9.67 Å². The molecule has 0 amide bonds. The van der Waals surface area contributed by atoms with E-state index in [0.717, 1.165) is 11.6 Å². The Morgan fingerprint density at radius 1 is 1.24 bits per heavy atom. The molecule has 0 saturated carbocycles. The molecule has 2 aromatic rings. The lowest BCUT2D eigenvalue weighted by molar-refractivity contribution is 0.0106. The largest absolute Gasteiger partial charge is 0.383 e. The summed E-state index contributed by atoms with van der Waals surface area (Å²) in [6.45, 7) is 7.33. The first-order valence-electron chi connectivity index (χ1n) is 7.09. The second-order valence-corrected chi connectivity index (χ2v) is 12.7. The van der Waals surface area contributed by atoms with E-state index >= 15 is 0 Å². The molecule has 0 spiro atoms. The van der Waals surface area contributed by atoms with Crippen molar-refractivity contribution in [3.05, 3.63) is 47.5 Å². The predicted octanol–water partition coefficient (Wildman–Crippen LogP) is 3.55. The van der Waals surface area contributed by atoms with Crippen LogP contribution in [0.3, 0.4) is 0 Å². The summed E-state index contributed by atoms with van der Waals surface area (Å²) in [5, 5.41) is 16.0. The fourth-order valence-electron chi connectivity index (χ4n) is 2.24. The molecule has 0 aliphatic carbocycles. The Kier molecular flexibility index (Phi) is 4.86. The van der Waals surface area contributed by atoms with E-state index < -0.39 is 13.7 Å². The number of benzene rings is 1. The molecule has 114 valence electrons. The Hall–Kier alpha value is -1.17. The number of nitrogens with zero attached hydrogens (tertiary/aromatic N) is 3. The van der Waals surface area contributed by atoms with E-state index in [1.165, 1.54) is 6.33 Å². The Morgan fingerprint density at radius 3 is 2.43 bits per heavy atom. The fourth-order valence-corrected chi connectivity index (χ4v) is 3.53. The van der Waals surface area contributed by atoms with Gasteiger partial charge in [0, 0.05) is 13.1 Å². The Labute approximate surface area is 131 Å². The van der Waals surface area contributed by atoms with E-state index in [1.54, 1.807) is 11.0 Å². The van der Waals surface area contributed by atoms with Crippen LogP contribution in [0.4, 0.5) is 0 Å². The molecule has 1 aromatic heterocycles. The summed E-state index contributed by atoms with van der Waals surface area (Å²) in [6.07, 6.45) is 3.83. The van der Waals surface area contributed by atoms with Crippen molar-refractivity contribution in [2.45, 2.75) is 44.3 Å². The molecule has 2 rings (SSSR count). The molecule has 1 unspecified atom stereocenters. The standard InChI is InChI=1S/C15H22ClN3OSi/c1-21(2,3)9-8-15(20,10-19-12-17-11-18-19)13-4-6-14(16)7-5-13/h4-7,11-12,20H,8-10H2,1-3H3. The highest BCUT2D eigenvalue weighted by Crippen LogP contribution is 2.32. The van der Waals surface area contributed by atoms with E-state index in [0.29, 0.717) is 18.0 Å². The van der Waals surface area contributed by atoms with Crippen LogP contribution in [0.5, 0.6) is 0 Å². The van der Waals surface area contributed by atoms with E-state index in [4.69, 9.17) is 11.6 Å². The highest BCUT2D eigenvalue weighted by Gasteiger charge is 2.32. The summed E-state index contributed by atoms with van der Waals surface area (Å²) < 4.78 is 1.68. The number of halogens is 1. The van der Waals surface area contributed by atoms with Gasteiger partial charge in [0.15, 0.2) is 0 Å². The fraction of sp³-hybridized carbons (Fsp3) is 0.467. The van der Waals surface area contributed by atoms with Crippen LogP contribution in [-0.4, -0.2) is 27.9 Å². The predicted molar refractivity (Wildman–Crippen MR) is 88.1 cm³/mol. The molecular formula is C15H22ClN3OSi. The van der Waals surface area contributed by atoms with Crippen LogP contribution in [0.1, 0.15) is 12.0 Å². The van der Waals surface area contributed by atoms with Crippen LogP contribution in [-0.2, 0) is 12.1 Å². The average Bonchev–Trinajstić information content (AvgIpc) is 2.89. The maximum atomic E-state index is 11.2. The van der Waals surface area contributed by atoms with Gasteiger partial charge in [-0.15, -0.1) is 0 Å². The summed E-state index contributed by atoms with van der Waals surface area (Å²) in [4.78, 5) is 3.95. The second-order valence-electron chi connectivity index (χ2n) is 6.69. The first kappa shape index (κ1) is 16.2. The van der Waals surface area contributed by atoms with Gasteiger partial charge in [0.2, 0.25) is 0 Å². The molecule has 1 atom stereocenters. The second kappa shape index (κ2) is 6.30. The highest BCUT2D eigenvalue weighted by atomic mass is 35.5. The minimum Gasteiger partial charge on any atom is -0.383 e. The van der Waals surface area contributed by atoms with Crippen molar-refractivity contribution in [2.24, 2.45) is 0 Å². The number of aromatic nitrogens is 3. The zero-order valence-corrected chi connectivity index (χ0v) is 14.5. The third-order valence-corrected chi connectivity index (χ3v) is 5.56. The van der Waals surface area contributed by atoms with Gasteiger partial charge in [-0.3, -0.25) is 0 Å². The molecule has 1 aromatic carbocycles. The van der Waals surface area contributed by atoms with Crippen LogP contribution in [0.15, 0.2) is 36.9 Å². The average molecular weight is 324 g/mol. The Morgan fingerprint density at radius 2 is 1.90 bits per heavy atom. The van der Waals surface area contributed by atoms with Crippen molar-refractivity contribution in [2.75, 3.05) is 0 Å². The van der Waals surface area contributed by atoms with E-state index in [2.05, 4.69) is 29.7 Å². The lowest BCUT2D eigenvalue weighted by atomic mass is 9.91. The highest BCUT2D eigenvalue weighted by molar-refractivity contribution is 6.76. The summed E-state index contributed by atoms with van der Waals surface area (Å²) >= 11 is 5.95. The smallest absolute Gasteiger partial charge is 0.137 e. The molecule has 21 heavy (non-hydrogen) atoms. The van der Waals surface area contributed by atoms with Gasteiger partial charge >= 0.3 is 0 Å². The van der Waals surface area contributed by atoms with E-state index in [1.807, 2.05) is 24.3 Å². The maximum Gasteiger partial charge on any atom is 0.137 e. The number of rotatable bonds is 6. The van der Waals surface area contributed by atoms with E-state index in [9.17, 15) is 5.11 Å². The first-order valence-corrected chi connectivity index (χ1v) is 11.2. The SMILES string of the molecule is C[Si](C)(C)CCC(O)(Cn1cncn1)c1ccc(Cl)cc1. The normalized spacial score (nSPS) is 14.9. The third kappa shape index (κ3) is 4.66. The molecular weight excluding hydrogens is 302 g/mol. The number of aliphatic hydroxyl groups is 1. The quantitative estimate of drug-likeness (QED) is 0.827. The molecule has 0 saturated heterocycles. The van der Waals surface area contributed by atoms with Crippen LogP contribution >= 0.6 is 11.6 Å². The van der Waals surface area contributed by atoms with Gasteiger partial charge in [-0.2, -0.15) is 5.10 Å². The lowest BCUT2D eigenvalue weighted by Crippen LogP contribution is -2.34. The summed E-state index contributed by atoms with van der Waals surface area (Å²) in [5.74, 6) is 0. The van der Waals surface area contributed by atoms with Gasteiger partial charge in [-0.1, -0.05) is 49.4 Å². The Balaban J connectivity index is 2.26. The number of hydrogen-bond acceptors (Lipinski definition) is 3. The topological polar surface area (TPSA) is 50.9 Å². The van der Waals surface area contributed by atoms with Crippen molar-refractivity contribution in [3.63, 3.8) is 0 Å². The minimum absolute atomic E-state index is 0.402. The van der Waals surface area contributed by atoms with Crippen molar-refractivity contribution < 1.29 is 5.11 Å². The summed E-state index contributed by atoms with van der Waals surface area (Å²) in [7, 11) is -1.24. The zero-order valence-electron chi connectivity index (χ0n) is 12.8. The Bertz CT molecular complexity index is 566. The van der Waals surface area contributed by atoms with E-state index in [-0.39, 0.29) is 0 Å². The maximum absolute atomic E-state index is 11.2. The van der Waals surface area contributed by atoms with Gasteiger partial charge in [0.25, 0.3) is 0 Å². The first-order chi connectivity index (χ1) is 9.78. The molecule has 0 bridgehead atoms. The molecule has 6 heteroatoms. The molecule has 4 nitrogen and oxygen atoms in total. The minimum atomic E-state index is -1.24. The van der Waals surface area contributed by atoms with Gasteiger partial charge in [-0.05, 0) is 24.1 Å². The van der Waals surface area contributed by atoms with Crippen molar-refractivity contribution in [1.29, 1.82) is 0 Å². The molecule has 0 fully saturated rings. The molecule has 0 radical (unpaired) electrons.